The van der Waals surface area contributed by atoms with Crippen molar-refractivity contribution < 1.29 is 13.2 Å². The first-order valence-corrected chi connectivity index (χ1v) is 5.21. The van der Waals surface area contributed by atoms with Gasteiger partial charge in [-0.3, -0.25) is 0 Å². The lowest BCUT2D eigenvalue weighted by molar-refractivity contribution is 0.538. The molecule has 1 aromatic carbocycles. The molecule has 1 aliphatic heterocycles. The molecule has 1 unspecified atom stereocenters. The molecule has 1 heterocycles. The molecule has 0 saturated carbocycles. The number of hydrogen-bond donors (Lipinski definition) is 1. The number of nitrogens with two attached hydrogens (primary N) is 1. The zero-order chi connectivity index (χ0) is 11.7. The summed E-state index contributed by atoms with van der Waals surface area (Å²) in [5.74, 6) is -2.34. The molecule has 5 heteroatoms. The third-order valence-corrected chi connectivity index (χ3v) is 2.92. The lowest BCUT2D eigenvalue weighted by Gasteiger charge is -2.19. The minimum atomic E-state index is -0.895. The Bertz CT molecular complexity index is 372. The Morgan fingerprint density at radius 1 is 1.25 bits per heavy atom. The Kier molecular flexibility index (Phi) is 3.05. The number of rotatable bonds is 2. The molecule has 1 aliphatic rings. The maximum Gasteiger partial charge on any atom is 0.152 e. The van der Waals surface area contributed by atoms with Gasteiger partial charge in [0.2, 0.25) is 0 Å². The van der Waals surface area contributed by atoms with E-state index in [1.807, 2.05) is 0 Å². The summed E-state index contributed by atoms with van der Waals surface area (Å²) in [7, 11) is 0. The van der Waals surface area contributed by atoms with E-state index >= 15 is 0 Å². The Labute approximate surface area is 91.8 Å². The molecule has 0 amide bonds. The quantitative estimate of drug-likeness (QED) is 0.840. The first-order chi connectivity index (χ1) is 7.61. The van der Waals surface area contributed by atoms with E-state index in [1.54, 1.807) is 4.90 Å². The second-order valence-electron chi connectivity index (χ2n) is 4.05. The van der Waals surface area contributed by atoms with Crippen LogP contribution in [0.3, 0.4) is 0 Å². The van der Waals surface area contributed by atoms with Crippen LogP contribution < -0.4 is 10.6 Å². The van der Waals surface area contributed by atoms with Crippen LogP contribution in [0, 0.1) is 23.4 Å². The molecule has 1 saturated heterocycles. The van der Waals surface area contributed by atoms with Crippen LogP contribution in [-0.4, -0.2) is 19.6 Å². The van der Waals surface area contributed by atoms with Crippen molar-refractivity contribution in [3.8, 4) is 0 Å². The summed E-state index contributed by atoms with van der Waals surface area (Å²) in [5, 5.41) is 0. The maximum atomic E-state index is 13.4. The van der Waals surface area contributed by atoms with Crippen LogP contribution in [0.5, 0.6) is 0 Å². The molecular weight excluding hydrogens is 217 g/mol. The highest BCUT2D eigenvalue weighted by Crippen LogP contribution is 2.29. The van der Waals surface area contributed by atoms with Crippen LogP contribution in [0.4, 0.5) is 18.9 Å². The molecule has 0 radical (unpaired) electrons. The highest BCUT2D eigenvalue weighted by atomic mass is 19.1. The molecule has 2 N–H and O–H groups in total. The molecule has 1 aromatic rings. The topological polar surface area (TPSA) is 29.3 Å². The molecule has 88 valence electrons. The average molecular weight is 230 g/mol. The van der Waals surface area contributed by atoms with Crippen molar-refractivity contribution in [1.29, 1.82) is 0 Å². The Balaban J connectivity index is 2.28. The van der Waals surface area contributed by atoms with Gasteiger partial charge < -0.3 is 10.6 Å². The van der Waals surface area contributed by atoms with Gasteiger partial charge in [-0.25, -0.2) is 13.2 Å². The van der Waals surface area contributed by atoms with E-state index in [0.29, 0.717) is 31.8 Å². The summed E-state index contributed by atoms with van der Waals surface area (Å²) in [6.07, 6.45) is 0.812. The molecule has 0 aromatic heterocycles. The van der Waals surface area contributed by atoms with Gasteiger partial charge in [0.1, 0.15) is 11.5 Å². The highest BCUT2D eigenvalue weighted by Gasteiger charge is 2.26. The summed E-state index contributed by atoms with van der Waals surface area (Å²) < 4.78 is 39.6. The zero-order valence-corrected chi connectivity index (χ0v) is 8.72. The summed E-state index contributed by atoms with van der Waals surface area (Å²) in [6, 6.07) is 1.41. The number of nitrogens with zero attached hydrogens (tertiary/aromatic N) is 1. The number of hydrogen-bond acceptors (Lipinski definition) is 2. The Hall–Kier alpha value is -1.23. The maximum absolute atomic E-state index is 13.4. The number of benzene rings is 1. The van der Waals surface area contributed by atoms with Crippen LogP contribution in [0.2, 0.25) is 0 Å². The molecular formula is C11H13F3N2. The largest absolute Gasteiger partial charge is 0.366 e. The number of halogens is 3. The van der Waals surface area contributed by atoms with Crippen LogP contribution in [0.25, 0.3) is 0 Å². The molecule has 0 bridgehead atoms. The van der Waals surface area contributed by atoms with E-state index in [9.17, 15) is 13.2 Å². The van der Waals surface area contributed by atoms with Gasteiger partial charge in [0.15, 0.2) is 11.6 Å². The predicted molar refractivity (Wildman–Crippen MR) is 55.7 cm³/mol. The van der Waals surface area contributed by atoms with E-state index in [2.05, 4.69) is 0 Å². The standard InChI is InChI=1S/C11H13F3N2/c12-8-3-9(13)11(10(14)4-8)16-2-1-7(5-15)6-16/h3-4,7H,1-2,5-6,15H2. The van der Waals surface area contributed by atoms with E-state index in [1.165, 1.54) is 0 Å². The smallest absolute Gasteiger partial charge is 0.152 e. The van der Waals surface area contributed by atoms with Crippen molar-refractivity contribution in [2.24, 2.45) is 11.7 Å². The average Bonchev–Trinajstić information content (AvgIpc) is 2.64. The normalized spacial score (nSPS) is 20.5. The van der Waals surface area contributed by atoms with Crippen molar-refractivity contribution in [1.82, 2.24) is 0 Å². The van der Waals surface area contributed by atoms with E-state index in [0.717, 1.165) is 6.42 Å². The monoisotopic (exact) mass is 230 g/mol. The zero-order valence-electron chi connectivity index (χ0n) is 8.72. The molecule has 2 nitrogen and oxygen atoms in total. The van der Waals surface area contributed by atoms with Gasteiger partial charge in [-0.05, 0) is 18.9 Å². The lowest BCUT2D eigenvalue weighted by Crippen LogP contribution is -2.24. The number of anilines is 1. The van der Waals surface area contributed by atoms with E-state index in [4.69, 9.17) is 5.73 Å². The summed E-state index contributed by atoms with van der Waals surface area (Å²) in [4.78, 5) is 1.58. The molecule has 0 aliphatic carbocycles. The first-order valence-electron chi connectivity index (χ1n) is 5.21. The van der Waals surface area contributed by atoms with Gasteiger partial charge in [-0.2, -0.15) is 0 Å². The summed E-state index contributed by atoms with van der Waals surface area (Å²) in [6.45, 7) is 1.58. The van der Waals surface area contributed by atoms with Crippen molar-refractivity contribution in [3.05, 3.63) is 29.6 Å². The van der Waals surface area contributed by atoms with Gasteiger partial charge in [-0.1, -0.05) is 0 Å². The molecule has 1 atom stereocenters. The van der Waals surface area contributed by atoms with E-state index in [-0.39, 0.29) is 11.6 Å². The van der Waals surface area contributed by atoms with Crippen LogP contribution in [0.15, 0.2) is 12.1 Å². The Morgan fingerprint density at radius 3 is 2.38 bits per heavy atom. The molecule has 1 fully saturated rings. The van der Waals surface area contributed by atoms with Crippen molar-refractivity contribution in [2.75, 3.05) is 24.5 Å². The fourth-order valence-corrected chi connectivity index (χ4v) is 2.06. The lowest BCUT2D eigenvalue weighted by atomic mass is 10.1. The minimum Gasteiger partial charge on any atom is -0.366 e. The summed E-state index contributed by atoms with van der Waals surface area (Å²) >= 11 is 0. The fourth-order valence-electron chi connectivity index (χ4n) is 2.06. The van der Waals surface area contributed by atoms with Gasteiger partial charge in [0, 0.05) is 25.2 Å². The van der Waals surface area contributed by atoms with Crippen molar-refractivity contribution in [3.63, 3.8) is 0 Å². The molecule has 2 rings (SSSR count). The second kappa shape index (κ2) is 4.33. The second-order valence-corrected chi connectivity index (χ2v) is 4.05. The van der Waals surface area contributed by atoms with Gasteiger partial charge in [0.25, 0.3) is 0 Å². The SMILES string of the molecule is NCC1CCN(c2c(F)cc(F)cc2F)C1. The van der Waals surface area contributed by atoms with Crippen LogP contribution in [0.1, 0.15) is 6.42 Å². The minimum absolute atomic E-state index is 0.141. The van der Waals surface area contributed by atoms with Gasteiger partial charge >= 0.3 is 0 Å². The highest BCUT2D eigenvalue weighted by molar-refractivity contribution is 5.50. The van der Waals surface area contributed by atoms with Crippen molar-refractivity contribution >= 4 is 5.69 Å². The van der Waals surface area contributed by atoms with Crippen LogP contribution >= 0.6 is 0 Å². The van der Waals surface area contributed by atoms with Crippen molar-refractivity contribution in [2.45, 2.75) is 6.42 Å². The fraction of sp³-hybridized carbons (Fsp3) is 0.455. The third-order valence-electron chi connectivity index (χ3n) is 2.92. The van der Waals surface area contributed by atoms with Crippen LogP contribution in [-0.2, 0) is 0 Å². The van der Waals surface area contributed by atoms with E-state index < -0.39 is 17.5 Å². The predicted octanol–water partition coefficient (Wildman–Crippen LogP) is 1.89. The third kappa shape index (κ3) is 2.00. The van der Waals surface area contributed by atoms with Gasteiger partial charge in [-0.15, -0.1) is 0 Å². The molecule has 0 spiro atoms. The Morgan fingerprint density at radius 2 is 1.88 bits per heavy atom. The molecule has 16 heavy (non-hydrogen) atoms. The van der Waals surface area contributed by atoms with Gasteiger partial charge in [0.05, 0.1) is 0 Å². The summed E-state index contributed by atoms with van der Waals surface area (Å²) in [5.41, 5.74) is 5.36. The first kappa shape index (κ1) is 11.3.